The summed E-state index contributed by atoms with van der Waals surface area (Å²) in [5, 5.41) is 2.92. The van der Waals surface area contributed by atoms with Gasteiger partial charge in [-0.1, -0.05) is 0 Å². The lowest BCUT2D eigenvalue weighted by molar-refractivity contribution is -0.124. The molecule has 6 heteroatoms. The number of amides is 1. The summed E-state index contributed by atoms with van der Waals surface area (Å²) in [7, 11) is 1.96. The van der Waals surface area contributed by atoms with Gasteiger partial charge in [-0.05, 0) is 27.7 Å². The van der Waals surface area contributed by atoms with Crippen molar-refractivity contribution in [3.8, 4) is 0 Å². The van der Waals surface area contributed by atoms with Gasteiger partial charge in [0.2, 0.25) is 5.91 Å². The van der Waals surface area contributed by atoms with Gasteiger partial charge in [-0.15, -0.1) is 0 Å². The molecule has 2 rings (SSSR count). The molecule has 1 atom stereocenters. The van der Waals surface area contributed by atoms with Crippen molar-refractivity contribution in [2.24, 2.45) is 7.05 Å². The van der Waals surface area contributed by atoms with Crippen molar-refractivity contribution >= 4 is 5.91 Å². The van der Waals surface area contributed by atoms with Crippen molar-refractivity contribution in [1.82, 2.24) is 24.4 Å². The minimum atomic E-state index is -0.278. The Morgan fingerprint density at radius 2 is 2.10 bits per heavy atom. The van der Waals surface area contributed by atoms with E-state index in [0.29, 0.717) is 6.54 Å². The Balaban J connectivity index is 2.02. The van der Waals surface area contributed by atoms with Gasteiger partial charge >= 0.3 is 0 Å². The molecule has 0 aliphatic heterocycles. The summed E-state index contributed by atoms with van der Waals surface area (Å²) in [6.45, 7) is 8.17. The molecule has 6 nitrogen and oxygen atoms in total. The molecule has 0 aliphatic rings. The van der Waals surface area contributed by atoms with Gasteiger partial charge in [0.15, 0.2) is 0 Å². The maximum atomic E-state index is 12.2. The monoisotopic (exact) mass is 275 g/mol. The number of rotatable bonds is 4. The molecule has 0 fully saturated rings. The van der Waals surface area contributed by atoms with Crippen molar-refractivity contribution in [1.29, 1.82) is 0 Å². The van der Waals surface area contributed by atoms with E-state index < -0.39 is 0 Å². The highest BCUT2D eigenvalue weighted by Crippen LogP contribution is 2.10. The van der Waals surface area contributed by atoms with Gasteiger partial charge in [0.1, 0.15) is 17.7 Å². The predicted octanol–water partition coefficient (Wildman–Crippen LogP) is 1.42. The zero-order valence-corrected chi connectivity index (χ0v) is 12.6. The predicted molar refractivity (Wildman–Crippen MR) is 76.2 cm³/mol. The number of aromatic nitrogens is 4. The van der Waals surface area contributed by atoms with E-state index in [9.17, 15) is 4.79 Å². The molecule has 0 spiro atoms. The minimum Gasteiger partial charge on any atom is -0.347 e. The third-order valence-electron chi connectivity index (χ3n) is 3.79. The summed E-state index contributed by atoms with van der Waals surface area (Å²) in [4.78, 5) is 20.8. The first kappa shape index (κ1) is 14.3. The summed E-state index contributed by atoms with van der Waals surface area (Å²) in [6.07, 6.45) is 3.51. The van der Waals surface area contributed by atoms with Crippen LogP contribution in [0, 0.1) is 20.8 Å². The fraction of sp³-hybridized carbons (Fsp3) is 0.500. The largest absolute Gasteiger partial charge is 0.347 e. The number of nitrogens with one attached hydrogen (secondary N) is 1. The molecular weight excluding hydrogens is 254 g/mol. The molecule has 1 N–H and O–H groups in total. The highest BCUT2D eigenvalue weighted by atomic mass is 16.2. The van der Waals surface area contributed by atoms with Crippen molar-refractivity contribution in [3.63, 3.8) is 0 Å². The quantitative estimate of drug-likeness (QED) is 0.917. The molecule has 0 saturated heterocycles. The number of hydrogen-bond acceptors (Lipinski definition) is 3. The Kier molecular flexibility index (Phi) is 3.92. The lowest BCUT2D eigenvalue weighted by atomic mass is 10.3. The molecule has 1 unspecified atom stereocenters. The number of nitrogens with zero attached hydrogens (tertiary/aromatic N) is 4. The first-order valence-electron chi connectivity index (χ1n) is 6.67. The molecule has 0 saturated carbocycles. The van der Waals surface area contributed by atoms with E-state index in [1.165, 1.54) is 0 Å². The molecule has 0 radical (unpaired) electrons. The maximum absolute atomic E-state index is 12.2. The van der Waals surface area contributed by atoms with Crippen LogP contribution >= 0.6 is 0 Å². The SMILES string of the molecule is Cc1nc(CNC(=O)C(C)n2ccnc2C)n(C)c1C. The van der Waals surface area contributed by atoms with Crippen LogP contribution in [0.1, 0.15) is 36.0 Å². The van der Waals surface area contributed by atoms with Gasteiger partial charge < -0.3 is 14.5 Å². The van der Waals surface area contributed by atoms with Crippen molar-refractivity contribution in [2.45, 2.75) is 40.3 Å². The number of carbonyl (C=O) groups is 1. The number of imidazole rings is 2. The second-order valence-electron chi connectivity index (χ2n) is 5.03. The van der Waals surface area contributed by atoms with Crippen molar-refractivity contribution in [2.75, 3.05) is 0 Å². The maximum Gasteiger partial charge on any atom is 0.243 e. The molecule has 108 valence electrons. The molecule has 2 heterocycles. The van der Waals surface area contributed by atoms with Gasteiger partial charge in [0, 0.05) is 25.1 Å². The molecule has 0 aliphatic carbocycles. The molecule has 0 bridgehead atoms. The van der Waals surface area contributed by atoms with Crippen LogP contribution in [0.4, 0.5) is 0 Å². The highest BCUT2D eigenvalue weighted by molar-refractivity contribution is 5.79. The average Bonchev–Trinajstić information content (AvgIpc) is 2.95. The molecule has 2 aromatic heterocycles. The number of hydrogen-bond donors (Lipinski definition) is 1. The van der Waals surface area contributed by atoms with Crippen molar-refractivity contribution in [3.05, 3.63) is 35.4 Å². The summed E-state index contributed by atoms with van der Waals surface area (Å²) in [5.74, 6) is 1.66. The van der Waals surface area contributed by atoms with E-state index in [0.717, 1.165) is 23.0 Å². The van der Waals surface area contributed by atoms with Crippen LogP contribution in [0.2, 0.25) is 0 Å². The molecule has 0 aromatic carbocycles. The van der Waals surface area contributed by atoms with Gasteiger partial charge in [-0.3, -0.25) is 4.79 Å². The number of carbonyl (C=O) groups excluding carboxylic acids is 1. The Morgan fingerprint density at radius 1 is 1.40 bits per heavy atom. The van der Waals surface area contributed by atoms with Gasteiger partial charge in [-0.25, -0.2) is 9.97 Å². The number of aryl methyl sites for hydroxylation is 2. The smallest absolute Gasteiger partial charge is 0.243 e. The lowest BCUT2D eigenvalue weighted by Gasteiger charge is -2.15. The standard InChI is InChI=1S/C14H21N5O/c1-9-10(2)18(5)13(17-9)8-16-14(20)11(3)19-7-6-15-12(19)4/h6-7,11H,8H2,1-5H3,(H,16,20). The Labute approximate surface area is 118 Å². The van der Waals surface area contributed by atoms with E-state index in [4.69, 9.17) is 0 Å². The summed E-state index contributed by atoms with van der Waals surface area (Å²) < 4.78 is 3.85. The fourth-order valence-corrected chi connectivity index (χ4v) is 2.18. The van der Waals surface area contributed by atoms with Crippen LogP contribution in [-0.4, -0.2) is 25.0 Å². The second-order valence-corrected chi connectivity index (χ2v) is 5.03. The second kappa shape index (κ2) is 5.48. The Morgan fingerprint density at radius 3 is 2.60 bits per heavy atom. The Hall–Kier alpha value is -2.11. The van der Waals surface area contributed by atoms with E-state index in [2.05, 4.69) is 15.3 Å². The first-order valence-corrected chi connectivity index (χ1v) is 6.67. The van der Waals surface area contributed by atoms with Crippen LogP contribution < -0.4 is 5.32 Å². The van der Waals surface area contributed by atoms with Gasteiger partial charge in [0.25, 0.3) is 0 Å². The minimum absolute atomic E-state index is 0.0376. The normalized spacial score (nSPS) is 12.4. The van der Waals surface area contributed by atoms with Gasteiger partial charge in [-0.2, -0.15) is 0 Å². The summed E-state index contributed by atoms with van der Waals surface area (Å²) >= 11 is 0. The molecular formula is C14H21N5O. The van der Waals surface area contributed by atoms with Crippen molar-refractivity contribution < 1.29 is 4.79 Å². The van der Waals surface area contributed by atoms with E-state index in [1.54, 1.807) is 6.20 Å². The third kappa shape index (κ3) is 2.59. The first-order chi connectivity index (χ1) is 9.41. The molecule has 2 aromatic rings. The fourth-order valence-electron chi connectivity index (χ4n) is 2.18. The van der Waals surface area contributed by atoms with Crippen LogP contribution in [0.3, 0.4) is 0 Å². The highest BCUT2D eigenvalue weighted by Gasteiger charge is 2.17. The van der Waals surface area contributed by atoms with Crippen LogP contribution in [-0.2, 0) is 18.4 Å². The lowest BCUT2D eigenvalue weighted by Crippen LogP contribution is -2.31. The van der Waals surface area contributed by atoms with E-state index in [1.807, 2.05) is 50.1 Å². The molecule has 20 heavy (non-hydrogen) atoms. The zero-order chi connectivity index (χ0) is 14.9. The van der Waals surface area contributed by atoms with Crippen LogP contribution in [0.15, 0.2) is 12.4 Å². The van der Waals surface area contributed by atoms with E-state index >= 15 is 0 Å². The van der Waals surface area contributed by atoms with Gasteiger partial charge in [0.05, 0.1) is 12.2 Å². The van der Waals surface area contributed by atoms with E-state index in [-0.39, 0.29) is 11.9 Å². The topological polar surface area (TPSA) is 64.7 Å². The summed E-state index contributed by atoms with van der Waals surface area (Å²) in [6, 6.07) is -0.278. The third-order valence-corrected chi connectivity index (χ3v) is 3.79. The van der Waals surface area contributed by atoms with Crippen LogP contribution in [0.5, 0.6) is 0 Å². The van der Waals surface area contributed by atoms with Crippen LogP contribution in [0.25, 0.3) is 0 Å². The molecule has 1 amide bonds. The zero-order valence-electron chi connectivity index (χ0n) is 12.6. The Bertz CT molecular complexity index is 626. The average molecular weight is 275 g/mol. The summed E-state index contributed by atoms with van der Waals surface area (Å²) in [5.41, 5.74) is 2.11.